The summed E-state index contributed by atoms with van der Waals surface area (Å²) >= 11 is 0. The van der Waals surface area contributed by atoms with Crippen molar-refractivity contribution in [3.63, 3.8) is 0 Å². The lowest BCUT2D eigenvalue weighted by molar-refractivity contribution is -0.144. The minimum atomic E-state index is -0.123. The zero-order valence-electron chi connectivity index (χ0n) is 12.2. The molecular formula is C16H25NO2. The molecule has 1 N–H and O–H groups in total. The maximum Gasteiger partial charge on any atom is 0.307 e. The number of anilines is 1. The van der Waals surface area contributed by atoms with Crippen LogP contribution in [-0.2, 0) is 9.53 Å². The number of nitrogens with one attached hydrogen (secondary N) is 1. The number of hydrogen-bond donors (Lipinski definition) is 1. The molecule has 0 heterocycles. The van der Waals surface area contributed by atoms with Crippen LogP contribution in [0.15, 0.2) is 24.3 Å². The lowest BCUT2D eigenvalue weighted by Gasteiger charge is -2.11. The molecule has 3 nitrogen and oxygen atoms in total. The minimum Gasteiger partial charge on any atom is -0.465 e. The normalized spacial score (nSPS) is 11.9. The molecule has 19 heavy (non-hydrogen) atoms. The van der Waals surface area contributed by atoms with E-state index in [1.54, 1.807) is 0 Å². The van der Waals surface area contributed by atoms with E-state index in [2.05, 4.69) is 26.1 Å². The van der Waals surface area contributed by atoms with E-state index in [4.69, 9.17) is 4.74 Å². The number of carbonyl (C=O) groups excluding carboxylic acids is 1. The van der Waals surface area contributed by atoms with Crippen molar-refractivity contribution in [2.24, 2.45) is 5.92 Å². The molecule has 106 valence electrons. The van der Waals surface area contributed by atoms with Gasteiger partial charge in [-0.15, -0.1) is 0 Å². The Hall–Kier alpha value is -1.51. The number of esters is 1. The largest absolute Gasteiger partial charge is 0.465 e. The van der Waals surface area contributed by atoms with Crippen molar-refractivity contribution < 1.29 is 9.53 Å². The van der Waals surface area contributed by atoms with E-state index in [9.17, 15) is 4.79 Å². The highest BCUT2D eigenvalue weighted by Crippen LogP contribution is 2.09. The van der Waals surface area contributed by atoms with Crippen LogP contribution in [0.5, 0.6) is 0 Å². The number of hydrogen-bond acceptors (Lipinski definition) is 3. The molecule has 0 spiro atoms. The number of carbonyl (C=O) groups is 1. The van der Waals surface area contributed by atoms with Gasteiger partial charge in [-0.3, -0.25) is 4.79 Å². The van der Waals surface area contributed by atoms with Gasteiger partial charge in [0, 0.05) is 12.2 Å². The third-order valence-electron chi connectivity index (χ3n) is 3.02. The standard InChI is InChI=1S/C16H25NO2/c1-4-5-14(3)12-19-16(18)10-11-17-15-8-6-13(2)7-9-15/h6-9,14,17H,4-5,10-12H2,1-3H3. The summed E-state index contributed by atoms with van der Waals surface area (Å²) in [6.07, 6.45) is 2.65. The zero-order chi connectivity index (χ0) is 14.1. The minimum absolute atomic E-state index is 0.123. The van der Waals surface area contributed by atoms with Gasteiger partial charge in [-0.2, -0.15) is 0 Å². The highest BCUT2D eigenvalue weighted by atomic mass is 16.5. The number of benzene rings is 1. The summed E-state index contributed by atoms with van der Waals surface area (Å²) in [6, 6.07) is 8.13. The van der Waals surface area contributed by atoms with Crippen LogP contribution < -0.4 is 5.32 Å². The molecule has 0 fully saturated rings. The summed E-state index contributed by atoms with van der Waals surface area (Å²) in [5, 5.41) is 3.21. The van der Waals surface area contributed by atoms with Gasteiger partial charge in [-0.05, 0) is 31.4 Å². The maximum absolute atomic E-state index is 11.5. The fourth-order valence-electron chi connectivity index (χ4n) is 1.86. The maximum atomic E-state index is 11.5. The summed E-state index contributed by atoms with van der Waals surface area (Å²) in [5.41, 5.74) is 2.27. The third kappa shape index (κ3) is 6.85. The molecular weight excluding hydrogens is 238 g/mol. The van der Waals surface area contributed by atoms with E-state index in [-0.39, 0.29) is 5.97 Å². The first-order valence-corrected chi connectivity index (χ1v) is 7.08. The molecule has 0 aliphatic carbocycles. The van der Waals surface area contributed by atoms with Crippen LogP contribution in [0, 0.1) is 12.8 Å². The van der Waals surface area contributed by atoms with Crippen LogP contribution in [0.3, 0.4) is 0 Å². The molecule has 0 radical (unpaired) electrons. The molecule has 1 atom stereocenters. The van der Waals surface area contributed by atoms with Gasteiger partial charge in [0.15, 0.2) is 0 Å². The quantitative estimate of drug-likeness (QED) is 0.725. The van der Waals surface area contributed by atoms with Crippen LogP contribution in [0.1, 0.15) is 38.7 Å². The topological polar surface area (TPSA) is 38.3 Å². The Labute approximate surface area is 116 Å². The predicted octanol–water partition coefficient (Wildman–Crippen LogP) is 3.78. The molecule has 0 bridgehead atoms. The fraction of sp³-hybridized carbons (Fsp3) is 0.562. The van der Waals surface area contributed by atoms with Crippen molar-refractivity contribution in [1.29, 1.82) is 0 Å². The van der Waals surface area contributed by atoms with E-state index in [1.807, 2.05) is 24.3 Å². The molecule has 1 rings (SSSR count). The van der Waals surface area contributed by atoms with Crippen LogP contribution >= 0.6 is 0 Å². The van der Waals surface area contributed by atoms with E-state index in [0.29, 0.717) is 25.5 Å². The monoisotopic (exact) mass is 263 g/mol. The number of ether oxygens (including phenoxy) is 1. The molecule has 0 aliphatic heterocycles. The van der Waals surface area contributed by atoms with Crippen LogP contribution in [0.4, 0.5) is 5.69 Å². The van der Waals surface area contributed by atoms with Gasteiger partial charge < -0.3 is 10.1 Å². The van der Waals surface area contributed by atoms with Gasteiger partial charge in [-0.25, -0.2) is 0 Å². The Morgan fingerprint density at radius 1 is 1.32 bits per heavy atom. The third-order valence-corrected chi connectivity index (χ3v) is 3.02. The first kappa shape index (κ1) is 15.5. The Kier molecular flexibility index (Phi) is 7.01. The molecule has 3 heteroatoms. The van der Waals surface area contributed by atoms with E-state index in [1.165, 1.54) is 5.56 Å². The Balaban J connectivity index is 2.15. The fourth-order valence-corrected chi connectivity index (χ4v) is 1.86. The Morgan fingerprint density at radius 2 is 2.00 bits per heavy atom. The highest BCUT2D eigenvalue weighted by Gasteiger charge is 2.06. The first-order valence-electron chi connectivity index (χ1n) is 7.08. The molecule has 0 saturated heterocycles. The summed E-state index contributed by atoms with van der Waals surface area (Å²) in [7, 11) is 0. The van der Waals surface area contributed by atoms with Crippen molar-refractivity contribution in [3.8, 4) is 0 Å². The SMILES string of the molecule is CCCC(C)COC(=O)CCNc1ccc(C)cc1. The van der Waals surface area contributed by atoms with Gasteiger partial charge in [0.25, 0.3) is 0 Å². The van der Waals surface area contributed by atoms with Crippen molar-refractivity contribution in [1.82, 2.24) is 0 Å². The molecule has 0 aliphatic rings. The Morgan fingerprint density at radius 3 is 2.63 bits per heavy atom. The lowest BCUT2D eigenvalue weighted by atomic mass is 10.1. The molecule has 0 saturated carbocycles. The van der Waals surface area contributed by atoms with Crippen LogP contribution in [-0.4, -0.2) is 19.1 Å². The average Bonchev–Trinajstić information content (AvgIpc) is 2.39. The Bertz CT molecular complexity index is 373. The number of rotatable bonds is 8. The van der Waals surface area contributed by atoms with E-state index < -0.39 is 0 Å². The summed E-state index contributed by atoms with van der Waals surface area (Å²) in [4.78, 5) is 11.5. The second-order valence-corrected chi connectivity index (χ2v) is 5.12. The van der Waals surface area contributed by atoms with Crippen LogP contribution in [0.25, 0.3) is 0 Å². The molecule has 1 aromatic carbocycles. The van der Waals surface area contributed by atoms with E-state index in [0.717, 1.165) is 18.5 Å². The highest BCUT2D eigenvalue weighted by molar-refractivity contribution is 5.70. The molecule has 0 aromatic heterocycles. The smallest absolute Gasteiger partial charge is 0.307 e. The van der Waals surface area contributed by atoms with Gasteiger partial charge in [0.05, 0.1) is 13.0 Å². The number of aryl methyl sites for hydroxylation is 1. The predicted molar refractivity (Wildman–Crippen MR) is 79.3 cm³/mol. The molecule has 0 amide bonds. The summed E-state index contributed by atoms with van der Waals surface area (Å²) in [6.45, 7) is 7.46. The van der Waals surface area contributed by atoms with Gasteiger partial charge >= 0.3 is 5.97 Å². The van der Waals surface area contributed by atoms with Crippen molar-refractivity contribution >= 4 is 11.7 Å². The summed E-state index contributed by atoms with van der Waals surface area (Å²) < 4.78 is 5.23. The van der Waals surface area contributed by atoms with Gasteiger partial charge in [0.2, 0.25) is 0 Å². The average molecular weight is 263 g/mol. The van der Waals surface area contributed by atoms with Crippen molar-refractivity contribution in [3.05, 3.63) is 29.8 Å². The van der Waals surface area contributed by atoms with E-state index >= 15 is 0 Å². The molecule has 1 aromatic rings. The first-order chi connectivity index (χ1) is 9.11. The van der Waals surface area contributed by atoms with Crippen molar-refractivity contribution in [2.45, 2.75) is 40.0 Å². The van der Waals surface area contributed by atoms with Crippen molar-refractivity contribution in [2.75, 3.05) is 18.5 Å². The van der Waals surface area contributed by atoms with Gasteiger partial charge in [0.1, 0.15) is 0 Å². The lowest BCUT2D eigenvalue weighted by Crippen LogP contribution is -2.15. The molecule has 1 unspecified atom stereocenters. The van der Waals surface area contributed by atoms with Gasteiger partial charge in [-0.1, -0.05) is 38.0 Å². The second kappa shape index (κ2) is 8.57. The zero-order valence-corrected chi connectivity index (χ0v) is 12.2. The summed E-state index contributed by atoms with van der Waals surface area (Å²) in [5.74, 6) is 0.335. The van der Waals surface area contributed by atoms with Crippen LogP contribution in [0.2, 0.25) is 0 Å². The second-order valence-electron chi connectivity index (χ2n) is 5.12.